The molecule has 0 aliphatic carbocycles. The average molecular weight is 349 g/mol. The number of aliphatic hydroxyl groups is 1. The van der Waals surface area contributed by atoms with Crippen LogP contribution in [0.25, 0.3) is 0 Å². The van der Waals surface area contributed by atoms with Gasteiger partial charge in [0.2, 0.25) is 17.7 Å². The summed E-state index contributed by atoms with van der Waals surface area (Å²) in [6.45, 7) is 1.44. The molecule has 0 radical (unpaired) electrons. The quantitative estimate of drug-likeness (QED) is 0.620. The molecule has 8 nitrogen and oxygen atoms in total. The number of primary amides is 1. The maximum atomic E-state index is 12.5. The Hall–Kier alpha value is -2.61. The molecule has 1 saturated heterocycles. The molecule has 4 N–H and O–H groups in total. The van der Waals surface area contributed by atoms with Crippen LogP contribution in [0.3, 0.4) is 0 Å². The maximum Gasteiger partial charge on any atom is 0.243 e. The van der Waals surface area contributed by atoms with Gasteiger partial charge >= 0.3 is 0 Å². The summed E-state index contributed by atoms with van der Waals surface area (Å²) >= 11 is 0. The van der Waals surface area contributed by atoms with E-state index in [0.717, 1.165) is 5.56 Å². The van der Waals surface area contributed by atoms with Crippen LogP contribution >= 0.6 is 0 Å². The first-order valence-corrected chi connectivity index (χ1v) is 7.99. The van der Waals surface area contributed by atoms with Crippen molar-refractivity contribution in [2.24, 2.45) is 5.73 Å². The fourth-order valence-electron chi connectivity index (χ4n) is 2.90. The van der Waals surface area contributed by atoms with Crippen molar-refractivity contribution in [3.05, 3.63) is 29.8 Å². The molecule has 3 atom stereocenters. The summed E-state index contributed by atoms with van der Waals surface area (Å²) in [4.78, 5) is 37.1. The molecule has 1 aliphatic heterocycles. The number of likely N-dealkylation sites (tertiary alicyclic amines) is 1. The first-order chi connectivity index (χ1) is 11.8. The van der Waals surface area contributed by atoms with E-state index in [1.807, 2.05) is 0 Å². The van der Waals surface area contributed by atoms with Crippen LogP contribution in [-0.2, 0) is 20.8 Å². The van der Waals surface area contributed by atoms with Crippen molar-refractivity contribution in [2.45, 2.75) is 38.0 Å². The predicted molar refractivity (Wildman–Crippen MR) is 89.6 cm³/mol. The molecule has 1 fully saturated rings. The van der Waals surface area contributed by atoms with E-state index in [1.54, 1.807) is 31.4 Å². The molecule has 1 aliphatic rings. The summed E-state index contributed by atoms with van der Waals surface area (Å²) < 4.78 is 5.08. The number of carbonyl (C=O) groups is 3. The van der Waals surface area contributed by atoms with Gasteiger partial charge in [-0.15, -0.1) is 0 Å². The highest BCUT2D eigenvalue weighted by Crippen LogP contribution is 2.19. The number of carbonyl (C=O) groups excluding carboxylic acids is 3. The first-order valence-electron chi connectivity index (χ1n) is 7.99. The lowest BCUT2D eigenvalue weighted by molar-refractivity contribution is -0.138. The number of β-amino-alcohol motifs (C(OH)–C–C–N with tert-alkyl or cyclic N) is 1. The van der Waals surface area contributed by atoms with Gasteiger partial charge in [0.25, 0.3) is 0 Å². The first kappa shape index (κ1) is 18.7. The van der Waals surface area contributed by atoms with Crippen LogP contribution in [0.2, 0.25) is 0 Å². The second-order valence-electron chi connectivity index (χ2n) is 6.09. The second-order valence-corrected chi connectivity index (χ2v) is 6.09. The van der Waals surface area contributed by atoms with E-state index in [2.05, 4.69) is 5.32 Å². The molecule has 1 aromatic carbocycles. The van der Waals surface area contributed by atoms with Crippen molar-refractivity contribution in [1.82, 2.24) is 10.2 Å². The Morgan fingerprint density at radius 3 is 2.52 bits per heavy atom. The third-order valence-electron chi connectivity index (χ3n) is 4.24. The Balaban J connectivity index is 2.06. The average Bonchev–Trinajstić information content (AvgIpc) is 2.97. The van der Waals surface area contributed by atoms with Crippen molar-refractivity contribution in [2.75, 3.05) is 13.7 Å². The van der Waals surface area contributed by atoms with Crippen LogP contribution in [0, 0.1) is 0 Å². The van der Waals surface area contributed by atoms with Gasteiger partial charge in [0.05, 0.1) is 13.2 Å². The number of hydrogen-bond donors (Lipinski definition) is 3. The van der Waals surface area contributed by atoms with Gasteiger partial charge < -0.3 is 25.8 Å². The van der Waals surface area contributed by atoms with Crippen LogP contribution in [0.4, 0.5) is 0 Å². The van der Waals surface area contributed by atoms with Gasteiger partial charge in [-0.2, -0.15) is 0 Å². The Morgan fingerprint density at radius 2 is 2.00 bits per heavy atom. The van der Waals surface area contributed by atoms with E-state index in [9.17, 15) is 19.5 Å². The molecule has 0 saturated carbocycles. The number of hydrogen-bond acceptors (Lipinski definition) is 5. The Kier molecular flexibility index (Phi) is 5.97. The molecule has 8 heteroatoms. The normalized spacial score (nSPS) is 20.8. The summed E-state index contributed by atoms with van der Waals surface area (Å²) in [6.07, 6.45) is -0.395. The molecule has 1 aromatic rings. The van der Waals surface area contributed by atoms with Crippen molar-refractivity contribution >= 4 is 17.7 Å². The number of benzene rings is 1. The van der Waals surface area contributed by atoms with Gasteiger partial charge in [0.1, 0.15) is 17.8 Å². The zero-order valence-corrected chi connectivity index (χ0v) is 14.3. The minimum atomic E-state index is -0.910. The monoisotopic (exact) mass is 349 g/mol. The van der Waals surface area contributed by atoms with Gasteiger partial charge in [-0.3, -0.25) is 14.4 Å². The van der Waals surface area contributed by atoms with Gasteiger partial charge in [-0.05, 0) is 17.7 Å². The largest absolute Gasteiger partial charge is 0.497 e. The zero-order valence-electron chi connectivity index (χ0n) is 14.3. The molecule has 136 valence electrons. The maximum absolute atomic E-state index is 12.5. The van der Waals surface area contributed by atoms with E-state index in [0.29, 0.717) is 5.75 Å². The van der Waals surface area contributed by atoms with Gasteiger partial charge in [0.15, 0.2) is 0 Å². The van der Waals surface area contributed by atoms with Crippen LogP contribution in [0.1, 0.15) is 18.9 Å². The van der Waals surface area contributed by atoms with Crippen molar-refractivity contribution < 1.29 is 24.2 Å². The summed E-state index contributed by atoms with van der Waals surface area (Å²) in [6, 6.07) is 5.35. The van der Waals surface area contributed by atoms with E-state index >= 15 is 0 Å². The third-order valence-corrected chi connectivity index (χ3v) is 4.24. The number of ether oxygens (including phenoxy) is 1. The number of aliphatic hydroxyl groups excluding tert-OH is 1. The van der Waals surface area contributed by atoms with Crippen LogP contribution in [-0.4, -0.2) is 59.6 Å². The highest BCUT2D eigenvalue weighted by atomic mass is 16.5. The molecule has 0 unspecified atom stereocenters. The number of nitrogens with two attached hydrogens (primary N) is 1. The van der Waals surface area contributed by atoms with E-state index in [4.69, 9.17) is 10.5 Å². The standard InChI is InChI=1S/C17H23N3O5/c1-10(21)20-9-12(22)8-15(20)17(24)19-14(16(18)23)7-11-3-5-13(25-2)6-4-11/h3-6,12,14-15,22H,7-9H2,1-2H3,(H2,18,23)(H,19,24)/t12-,14+,15+/m1/s1. The number of nitrogens with zero attached hydrogens (tertiary/aromatic N) is 1. The molecule has 1 heterocycles. The summed E-state index contributed by atoms with van der Waals surface area (Å²) in [5.41, 5.74) is 6.21. The lowest BCUT2D eigenvalue weighted by Crippen LogP contribution is -2.52. The van der Waals surface area contributed by atoms with Crippen molar-refractivity contribution in [1.29, 1.82) is 0 Å². The number of rotatable bonds is 6. The number of amides is 3. The lowest BCUT2D eigenvalue weighted by Gasteiger charge is -2.24. The molecule has 25 heavy (non-hydrogen) atoms. The molecule has 0 bridgehead atoms. The lowest BCUT2D eigenvalue weighted by atomic mass is 10.0. The number of methoxy groups -OCH3 is 1. The molecule has 3 amide bonds. The fraction of sp³-hybridized carbons (Fsp3) is 0.471. The van der Waals surface area contributed by atoms with Crippen LogP contribution < -0.4 is 15.8 Å². The second kappa shape index (κ2) is 7.98. The number of nitrogens with one attached hydrogen (secondary N) is 1. The molecular formula is C17H23N3O5. The Labute approximate surface area is 145 Å². The Bertz CT molecular complexity index is 646. The summed E-state index contributed by atoms with van der Waals surface area (Å²) in [7, 11) is 1.55. The summed E-state index contributed by atoms with van der Waals surface area (Å²) in [5, 5.41) is 12.3. The minimum Gasteiger partial charge on any atom is -0.497 e. The van der Waals surface area contributed by atoms with Gasteiger partial charge in [-0.25, -0.2) is 0 Å². The third kappa shape index (κ3) is 4.69. The highest BCUT2D eigenvalue weighted by Gasteiger charge is 2.38. The molecule has 2 rings (SSSR count). The van der Waals surface area contributed by atoms with E-state index in [-0.39, 0.29) is 25.3 Å². The van der Waals surface area contributed by atoms with E-state index < -0.39 is 30.0 Å². The van der Waals surface area contributed by atoms with Gasteiger partial charge in [-0.1, -0.05) is 12.1 Å². The summed E-state index contributed by atoms with van der Waals surface area (Å²) in [5.74, 6) is -0.788. The zero-order chi connectivity index (χ0) is 18.6. The molecular weight excluding hydrogens is 326 g/mol. The molecule has 0 spiro atoms. The van der Waals surface area contributed by atoms with E-state index in [1.165, 1.54) is 11.8 Å². The van der Waals surface area contributed by atoms with Gasteiger partial charge in [0, 0.05) is 26.3 Å². The van der Waals surface area contributed by atoms with Crippen LogP contribution in [0.5, 0.6) is 5.75 Å². The Morgan fingerprint density at radius 1 is 1.36 bits per heavy atom. The van der Waals surface area contributed by atoms with Crippen molar-refractivity contribution in [3.63, 3.8) is 0 Å². The van der Waals surface area contributed by atoms with Crippen LogP contribution in [0.15, 0.2) is 24.3 Å². The fourth-order valence-corrected chi connectivity index (χ4v) is 2.90. The predicted octanol–water partition coefficient (Wildman–Crippen LogP) is -0.810. The molecule has 0 aromatic heterocycles. The van der Waals surface area contributed by atoms with Crippen molar-refractivity contribution in [3.8, 4) is 5.75 Å². The topological polar surface area (TPSA) is 122 Å². The minimum absolute atomic E-state index is 0.104. The SMILES string of the molecule is COc1ccc(C[C@H](NC(=O)[C@@H]2C[C@@H](O)CN2C(C)=O)C(N)=O)cc1. The highest BCUT2D eigenvalue weighted by molar-refractivity contribution is 5.91. The smallest absolute Gasteiger partial charge is 0.243 e.